The lowest BCUT2D eigenvalue weighted by Gasteiger charge is -2.59. The highest BCUT2D eigenvalue weighted by Gasteiger charge is 2.61. The summed E-state index contributed by atoms with van der Waals surface area (Å²) < 4.78 is 7.35. The summed E-state index contributed by atoms with van der Waals surface area (Å²) in [5.74, 6) is 6.72. The van der Waals surface area contributed by atoms with Crippen LogP contribution < -0.4 is 0 Å². The predicted molar refractivity (Wildman–Crippen MR) is 133 cm³/mol. The highest BCUT2D eigenvalue weighted by molar-refractivity contribution is 5.26. The van der Waals surface area contributed by atoms with Crippen molar-refractivity contribution in [3.05, 3.63) is 18.0 Å². The van der Waals surface area contributed by atoms with Crippen molar-refractivity contribution in [1.82, 2.24) is 9.78 Å². The van der Waals surface area contributed by atoms with Crippen molar-refractivity contribution in [2.24, 2.45) is 46.8 Å². The number of hydrogen-bond acceptors (Lipinski definition) is 4. The fraction of sp³-hybridized carbons (Fsp3) is 0.828. The molecule has 0 aromatic carbocycles. The number of ether oxygens (including phenoxy) is 1. The zero-order valence-corrected chi connectivity index (χ0v) is 21.5. The first-order valence-electron chi connectivity index (χ1n) is 13.5. The van der Waals surface area contributed by atoms with E-state index in [1.54, 1.807) is 13.3 Å². The second-order valence-electron chi connectivity index (χ2n) is 13.0. The summed E-state index contributed by atoms with van der Waals surface area (Å²) in [6, 6.07) is 0. The van der Waals surface area contributed by atoms with Gasteiger partial charge in [-0.25, -0.2) is 0 Å². The maximum absolute atomic E-state index is 11.7. The minimum Gasteiger partial charge on any atom is -0.390 e. The van der Waals surface area contributed by atoms with E-state index in [2.05, 4.69) is 17.9 Å². The standard InChI is InChI=1S/C29H44N2O3/c1-6-19-15-30-31(16-19)18-29(4,33)26-10-9-25-23-8-7-20-14-28(3,32)21(17-34-5)13-24(20)22(23)11-12-27(25,26)2/h1,15-16,20-26,32-33H,7-14,17-18H2,2-5H3/t20-,21+,22+,23-,24+,25+,26+,27+,28+,29-/m1/s1. The van der Waals surface area contributed by atoms with Crippen molar-refractivity contribution in [3.63, 3.8) is 0 Å². The van der Waals surface area contributed by atoms with Crippen molar-refractivity contribution in [1.29, 1.82) is 0 Å². The molecule has 5 nitrogen and oxygen atoms in total. The van der Waals surface area contributed by atoms with Crippen LogP contribution in [0.2, 0.25) is 0 Å². The highest BCUT2D eigenvalue weighted by Crippen LogP contribution is 2.66. The molecule has 0 amide bonds. The molecule has 0 unspecified atom stereocenters. The number of nitrogens with zero attached hydrogens (tertiary/aromatic N) is 2. The Morgan fingerprint density at radius 2 is 2.00 bits per heavy atom. The summed E-state index contributed by atoms with van der Waals surface area (Å²) in [7, 11) is 1.76. The van der Waals surface area contributed by atoms with Gasteiger partial charge >= 0.3 is 0 Å². The molecule has 34 heavy (non-hydrogen) atoms. The van der Waals surface area contributed by atoms with Crippen LogP contribution in [0.4, 0.5) is 0 Å². The van der Waals surface area contributed by atoms with E-state index in [0.717, 1.165) is 42.6 Å². The average molecular weight is 469 g/mol. The van der Waals surface area contributed by atoms with Gasteiger partial charge in [-0.2, -0.15) is 5.10 Å². The molecule has 4 saturated carbocycles. The molecule has 4 aliphatic carbocycles. The molecule has 0 radical (unpaired) electrons. The molecule has 0 aliphatic heterocycles. The van der Waals surface area contributed by atoms with E-state index in [0.29, 0.717) is 25.0 Å². The number of methoxy groups -OCH3 is 1. The van der Waals surface area contributed by atoms with Gasteiger partial charge in [0.1, 0.15) is 0 Å². The summed E-state index contributed by atoms with van der Waals surface area (Å²) in [5, 5.41) is 27.3. The van der Waals surface area contributed by atoms with Crippen LogP contribution in [0.25, 0.3) is 0 Å². The van der Waals surface area contributed by atoms with E-state index in [1.807, 2.05) is 24.7 Å². The Morgan fingerprint density at radius 3 is 2.71 bits per heavy atom. The lowest BCUT2D eigenvalue weighted by atomic mass is 9.47. The summed E-state index contributed by atoms with van der Waals surface area (Å²) in [4.78, 5) is 0. The van der Waals surface area contributed by atoms with Gasteiger partial charge in [-0.15, -0.1) is 6.42 Å². The molecule has 4 fully saturated rings. The normalized spacial score (nSPS) is 45.5. The lowest BCUT2D eigenvalue weighted by Crippen LogP contribution is -2.55. The van der Waals surface area contributed by atoms with Crippen LogP contribution in [0.3, 0.4) is 0 Å². The minimum atomic E-state index is -0.807. The van der Waals surface area contributed by atoms with E-state index in [1.165, 1.54) is 32.1 Å². The molecule has 0 bridgehead atoms. The number of fused-ring (bicyclic) bond motifs is 5. The molecule has 5 rings (SSSR count). The van der Waals surface area contributed by atoms with Crippen LogP contribution in [0, 0.1) is 59.2 Å². The zero-order valence-electron chi connectivity index (χ0n) is 21.5. The zero-order chi connectivity index (χ0) is 24.3. The first-order chi connectivity index (χ1) is 16.1. The van der Waals surface area contributed by atoms with Crippen LogP contribution in [0.5, 0.6) is 0 Å². The molecule has 1 aromatic heterocycles. The SMILES string of the molecule is C#Cc1cnn(C[C@@](C)(O)[C@H]2CC[C@H]3[C@@H]4CC[C@@H]5C[C@](C)(O)[C@H](COC)C[C@@H]5[C@H]4CC[C@@]32C)c1. The molecule has 2 N–H and O–H groups in total. The lowest BCUT2D eigenvalue weighted by molar-refractivity contribution is -0.148. The maximum atomic E-state index is 11.7. The number of aliphatic hydroxyl groups is 2. The Morgan fingerprint density at radius 1 is 1.21 bits per heavy atom. The van der Waals surface area contributed by atoms with Crippen molar-refractivity contribution in [2.45, 2.75) is 89.9 Å². The topological polar surface area (TPSA) is 67.5 Å². The predicted octanol–water partition coefficient (Wildman–Crippen LogP) is 4.51. The van der Waals surface area contributed by atoms with Gasteiger partial charge in [0.2, 0.25) is 0 Å². The van der Waals surface area contributed by atoms with Crippen LogP contribution >= 0.6 is 0 Å². The molecule has 188 valence electrons. The number of terminal acetylenes is 1. The number of aromatic nitrogens is 2. The van der Waals surface area contributed by atoms with Gasteiger partial charge in [0.25, 0.3) is 0 Å². The maximum Gasteiger partial charge on any atom is 0.0848 e. The van der Waals surface area contributed by atoms with Crippen molar-refractivity contribution < 1.29 is 14.9 Å². The van der Waals surface area contributed by atoms with E-state index < -0.39 is 11.2 Å². The van der Waals surface area contributed by atoms with E-state index in [4.69, 9.17) is 11.2 Å². The van der Waals surface area contributed by atoms with Crippen LogP contribution in [-0.2, 0) is 11.3 Å². The van der Waals surface area contributed by atoms with Crippen molar-refractivity contribution in [2.75, 3.05) is 13.7 Å². The molecule has 10 atom stereocenters. The van der Waals surface area contributed by atoms with Crippen molar-refractivity contribution >= 4 is 0 Å². The van der Waals surface area contributed by atoms with Gasteiger partial charge in [0.15, 0.2) is 0 Å². The molecule has 1 aromatic rings. The smallest absolute Gasteiger partial charge is 0.0848 e. The van der Waals surface area contributed by atoms with Crippen LogP contribution in [-0.4, -0.2) is 44.9 Å². The summed E-state index contributed by atoms with van der Waals surface area (Å²) in [6.07, 6.45) is 18.4. The Labute approximate surface area is 205 Å². The van der Waals surface area contributed by atoms with Gasteiger partial charge in [-0.1, -0.05) is 12.8 Å². The van der Waals surface area contributed by atoms with Crippen LogP contribution in [0.1, 0.15) is 77.7 Å². The van der Waals surface area contributed by atoms with Crippen LogP contribution in [0.15, 0.2) is 12.4 Å². The van der Waals surface area contributed by atoms with E-state index in [9.17, 15) is 10.2 Å². The summed E-state index contributed by atoms with van der Waals surface area (Å²) in [5.41, 5.74) is -0.470. The van der Waals surface area contributed by atoms with Crippen molar-refractivity contribution in [3.8, 4) is 12.3 Å². The first-order valence-corrected chi connectivity index (χ1v) is 13.5. The number of hydrogen-bond donors (Lipinski definition) is 2. The Kier molecular flexibility index (Phi) is 6.19. The van der Waals surface area contributed by atoms with Gasteiger partial charge in [0.05, 0.1) is 36.1 Å². The van der Waals surface area contributed by atoms with Gasteiger partial charge < -0.3 is 14.9 Å². The Balaban J connectivity index is 1.33. The summed E-state index contributed by atoms with van der Waals surface area (Å²) in [6.45, 7) is 7.68. The molecule has 1 heterocycles. The third kappa shape index (κ3) is 3.94. The second-order valence-corrected chi connectivity index (χ2v) is 13.0. The van der Waals surface area contributed by atoms with E-state index >= 15 is 0 Å². The third-order valence-corrected chi connectivity index (χ3v) is 11.0. The fourth-order valence-electron chi connectivity index (χ4n) is 9.57. The second kappa shape index (κ2) is 8.64. The monoisotopic (exact) mass is 468 g/mol. The molecule has 4 aliphatic rings. The van der Waals surface area contributed by atoms with E-state index in [-0.39, 0.29) is 17.3 Å². The first kappa shape index (κ1) is 24.3. The number of rotatable bonds is 5. The molecule has 0 spiro atoms. The molecule has 5 heteroatoms. The molecular weight excluding hydrogens is 424 g/mol. The minimum absolute atomic E-state index is 0.172. The summed E-state index contributed by atoms with van der Waals surface area (Å²) >= 11 is 0. The quantitative estimate of drug-likeness (QED) is 0.624. The average Bonchev–Trinajstić information content (AvgIpc) is 3.37. The Bertz CT molecular complexity index is 930. The third-order valence-electron chi connectivity index (χ3n) is 11.0. The largest absolute Gasteiger partial charge is 0.390 e. The molecule has 0 saturated heterocycles. The fourth-order valence-corrected chi connectivity index (χ4v) is 9.57. The molecular formula is C29H44N2O3. The Hall–Kier alpha value is -1.35. The van der Waals surface area contributed by atoms with Gasteiger partial charge in [-0.05, 0) is 106 Å². The highest BCUT2D eigenvalue weighted by atomic mass is 16.5. The van der Waals surface area contributed by atoms with Gasteiger partial charge in [-0.3, -0.25) is 4.68 Å². The van der Waals surface area contributed by atoms with Gasteiger partial charge in [0, 0.05) is 19.2 Å².